The highest BCUT2D eigenvalue weighted by Crippen LogP contribution is 2.31. The molecule has 25 heavy (non-hydrogen) atoms. The second-order valence-corrected chi connectivity index (χ2v) is 6.37. The number of allylic oxidation sites excluding steroid dienone is 1. The number of carbonyl (C=O) groups excluding carboxylic acids is 1. The van der Waals surface area contributed by atoms with Gasteiger partial charge in [-0.3, -0.25) is 9.79 Å². The van der Waals surface area contributed by atoms with Crippen molar-refractivity contribution in [1.82, 2.24) is 10.3 Å². The van der Waals surface area contributed by atoms with E-state index in [-0.39, 0.29) is 35.9 Å². The van der Waals surface area contributed by atoms with Gasteiger partial charge in [-0.15, -0.1) is 0 Å². The Hall–Kier alpha value is -2.48. The van der Waals surface area contributed by atoms with E-state index in [1.54, 1.807) is 7.05 Å². The minimum absolute atomic E-state index is 0.0446. The number of carbonyl (C=O) groups is 1. The maximum absolute atomic E-state index is 14.9. The molecule has 3 rings (SSSR count). The molecule has 1 aromatic heterocycles. The number of amides is 1. The lowest BCUT2D eigenvalue weighted by Crippen LogP contribution is -2.43. The highest BCUT2D eigenvalue weighted by atomic mass is 19.1. The van der Waals surface area contributed by atoms with Gasteiger partial charge in [-0.05, 0) is 12.8 Å². The Bertz CT molecular complexity index is 745. The number of pyridine rings is 1. The highest BCUT2D eigenvalue weighted by molar-refractivity contribution is 6.14. The molecule has 2 heterocycles. The van der Waals surface area contributed by atoms with Crippen molar-refractivity contribution in [2.45, 2.75) is 44.3 Å². The molecule has 2 atom stereocenters. The van der Waals surface area contributed by atoms with Gasteiger partial charge in [-0.2, -0.15) is 0 Å². The van der Waals surface area contributed by atoms with Gasteiger partial charge in [-0.25, -0.2) is 9.37 Å². The number of nitrogens with zero attached hydrogens (tertiary/aromatic N) is 2. The maximum Gasteiger partial charge on any atom is 0.254 e. The number of rotatable bonds is 4. The summed E-state index contributed by atoms with van der Waals surface area (Å²) in [6, 6.07) is -0.0926. The van der Waals surface area contributed by atoms with Gasteiger partial charge in [0.2, 0.25) is 0 Å². The van der Waals surface area contributed by atoms with E-state index < -0.39 is 5.82 Å². The molecule has 7 nitrogen and oxygen atoms in total. The standard InChI is InChI=1S/C17H23FN6O/c1-21-7-9(6-19)15-13-10(8-22-17(13)25)14(18)16(24-15)23-12-5-3-2-4-11(12)20/h6-7,11-12H,2-5,8,19-20H2,1H3,(H,22,25)(H,23,24). The minimum atomic E-state index is -0.514. The second kappa shape index (κ2) is 7.18. The van der Waals surface area contributed by atoms with Crippen LogP contribution in [0.2, 0.25) is 0 Å². The molecule has 134 valence electrons. The fourth-order valence-electron chi connectivity index (χ4n) is 3.42. The first-order valence-electron chi connectivity index (χ1n) is 8.44. The molecule has 1 fully saturated rings. The predicted octanol–water partition coefficient (Wildman–Crippen LogP) is 1.15. The summed E-state index contributed by atoms with van der Waals surface area (Å²) >= 11 is 0. The summed E-state index contributed by atoms with van der Waals surface area (Å²) in [6.45, 7) is 0.127. The summed E-state index contributed by atoms with van der Waals surface area (Å²) in [6.07, 6.45) is 6.70. The summed E-state index contributed by atoms with van der Waals surface area (Å²) in [5.41, 5.74) is 13.1. The van der Waals surface area contributed by atoms with Crippen LogP contribution in [0.4, 0.5) is 10.2 Å². The van der Waals surface area contributed by atoms with Crippen LogP contribution in [0.15, 0.2) is 11.2 Å². The molecular weight excluding hydrogens is 323 g/mol. The number of nitrogens with two attached hydrogens (primary N) is 2. The summed E-state index contributed by atoms with van der Waals surface area (Å²) in [7, 11) is 1.59. The van der Waals surface area contributed by atoms with Gasteiger partial charge in [0.1, 0.15) is 0 Å². The third-order valence-corrected chi connectivity index (χ3v) is 4.75. The highest BCUT2D eigenvalue weighted by Gasteiger charge is 2.32. The van der Waals surface area contributed by atoms with E-state index in [1.807, 2.05) is 0 Å². The zero-order valence-electron chi connectivity index (χ0n) is 14.2. The summed E-state index contributed by atoms with van der Waals surface area (Å²) in [5, 5.41) is 5.79. The van der Waals surface area contributed by atoms with Gasteiger partial charge in [0.25, 0.3) is 5.91 Å². The van der Waals surface area contributed by atoms with Crippen molar-refractivity contribution in [1.29, 1.82) is 0 Å². The maximum atomic E-state index is 14.9. The van der Waals surface area contributed by atoms with E-state index in [2.05, 4.69) is 20.6 Å². The fourth-order valence-corrected chi connectivity index (χ4v) is 3.42. The second-order valence-electron chi connectivity index (χ2n) is 6.37. The first kappa shape index (κ1) is 17.3. The SMILES string of the molecule is CN=CC(=CN)c1nc(NC2CCCCC2N)c(F)c2c1C(=O)NC2. The van der Waals surface area contributed by atoms with E-state index in [1.165, 1.54) is 12.4 Å². The number of hydrogen-bond acceptors (Lipinski definition) is 6. The summed E-state index contributed by atoms with van der Waals surface area (Å²) in [4.78, 5) is 20.5. The molecule has 1 aromatic rings. The van der Waals surface area contributed by atoms with Gasteiger partial charge in [0.15, 0.2) is 11.6 Å². The lowest BCUT2D eigenvalue weighted by molar-refractivity contribution is 0.0965. The Labute approximate surface area is 145 Å². The minimum Gasteiger partial charge on any atom is -0.404 e. The molecule has 1 amide bonds. The average molecular weight is 346 g/mol. The molecule has 0 spiro atoms. The van der Waals surface area contributed by atoms with Crippen LogP contribution >= 0.6 is 0 Å². The van der Waals surface area contributed by atoms with Crippen molar-refractivity contribution >= 4 is 23.5 Å². The molecule has 0 aromatic carbocycles. The Balaban J connectivity index is 2.06. The van der Waals surface area contributed by atoms with Gasteiger partial charge in [-0.1, -0.05) is 12.8 Å². The summed E-state index contributed by atoms with van der Waals surface area (Å²) in [5.74, 6) is -0.766. The molecule has 1 saturated carbocycles. The fraction of sp³-hybridized carbons (Fsp3) is 0.471. The van der Waals surface area contributed by atoms with E-state index in [0.29, 0.717) is 16.8 Å². The molecule has 2 aliphatic rings. The topological polar surface area (TPSA) is 118 Å². The molecule has 1 aliphatic carbocycles. The zero-order valence-corrected chi connectivity index (χ0v) is 14.2. The Kier molecular flexibility index (Phi) is 4.98. The lowest BCUT2D eigenvalue weighted by atomic mass is 9.91. The predicted molar refractivity (Wildman–Crippen MR) is 95.8 cm³/mol. The van der Waals surface area contributed by atoms with Crippen molar-refractivity contribution in [3.8, 4) is 0 Å². The number of nitrogens with one attached hydrogen (secondary N) is 2. The van der Waals surface area contributed by atoms with E-state index in [4.69, 9.17) is 11.5 Å². The smallest absolute Gasteiger partial charge is 0.254 e. The van der Waals surface area contributed by atoms with Crippen molar-refractivity contribution in [2.24, 2.45) is 16.5 Å². The van der Waals surface area contributed by atoms with Gasteiger partial charge in [0, 0.05) is 49.2 Å². The van der Waals surface area contributed by atoms with Crippen molar-refractivity contribution in [3.63, 3.8) is 0 Å². The van der Waals surface area contributed by atoms with Gasteiger partial charge < -0.3 is 22.1 Å². The van der Waals surface area contributed by atoms with Crippen LogP contribution in [0, 0.1) is 5.82 Å². The first-order valence-corrected chi connectivity index (χ1v) is 8.44. The van der Waals surface area contributed by atoms with Crippen LogP contribution in [-0.4, -0.2) is 36.2 Å². The van der Waals surface area contributed by atoms with E-state index in [0.717, 1.165) is 25.7 Å². The molecular formula is C17H23FN6O. The Morgan fingerprint density at radius 1 is 1.44 bits per heavy atom. The first-order chi connectivity index (χ1) is 12.1. The molecule has 0 radical (unpaired) electrons. The molecule has 6 N–H and O–H groups in total. The molecule has 2 unspecified atom stereocenters. The lowest BCUT2D eigenvalue weighted by Gasteiger charge is -2.30. The van der Waals surface area contributed by atoms with Gasteiger partial charge >= 0.3 is 0 Å². The van der Waals surface area contributed by atoms with Crippen LogP contribution in [0.25, 0.3) is 5.57 Å². The van der Waals surface area contributed by atoms with Crippen LogP contribution in [0.3, 0.4) is 0 Å². The normalized spacial score (nSPS) is 23.6. The summed E-state index contributed by atoms with van der Waals surface area (Å²) < 4.78 is 14.9. The number of aromatic nitrogens is 1. The third-order valence-electron chi connectivity index (χ3n) is 4.75. The molecule has 0 bridgehead atoms. The number of halogens is 1. The molecule has 8 heteroatoms. The van der Waals surface area contributed by atoms with Gasteiger partial charge in [0.05, 0.1) is 11.3 Å². The Morgan fingerprint density at radius 2 is 2.20 bits per heavy atom. The number of anilines is 1. The number of aliphatic imine (C=N–C) groups is 1. The Morgan fingerprint density at radius 3 is 2.88 bits per heavy atom. The van der Waals surface area contributed by atoms with E-state index >= 15 is 0 Å². The van der Waals surface area contributed by atoms with Crippen LogP contribution in [-0.2, 0) is 6.54 Å². The molecule has 1 aliphatic heterocycles. The number of hydrogen-bond donors (Lipinski definition) is 4. The van der Waals surface area contributed by atoms with Crippen LogP contribution in [0.1, 0.15) is 47.3 Å². The van der Waals surface area contributed by atoms with Crippen LogP contribution in [0.5, 0.6) is 0 Å². The average Bonchev–Trinajstić information content (AvgIpc) is 3.00. The monoisotopic (exact) mass is 346 g/mol. The van der Waals surface area contributed by atoms with Crippen LogP contribution < -0.4 is 22.1 Å². The van der Waals surface area contributed by atoms with E-state index in [9.17, 15) is 9.18 Å². The van der Waals surface area contributed by atoms with Crippen molar-refractivity contribution < 1.29 is 9.18 Å². The zero-order chi connectivity index (χ0) is 18.0. The quantitative estimate of drug-likeness (QED) is 0.610. The number of fused-ring (bicyclic) bond motifs is 1. The third kappa shape index (κ3) is 3.21. The van der Waals surface area contributed by atoms with Crippen molar-refractivity contribution in [3.05, 3.63) is 28.8 Å². The molecule has 0 saturated heterocycles. The largest absolute Gasteiger partial charge is 0.404 e. The van der Waals surface area contributed by atoms with Crippen molar-refractivity contribution in [2.75, 3.05) is 12.4 Å².